The highest BCUT2D eigenvalue weighted by molar-refractivity contribution is 8.18. The lowest BCUT2D eigenvalue weighted by Crippen LogP contribution is -2.14. The maximum Gasteiger partial charge on any atom is 0.344 e. The summed E-state index contributed by atoms with van der Waals surface area (Å²) in [5.74, 6) is -1.33. The topological polar surface area (TPSA) is 85.2 Å². The van der Waals surface area contributed by atoms with Gasteiger partial charge in [-0.05, 0) is 61.7 Å². The van der Waals surface area contributed by atoms with E-state index in [4.69, 9.17) is 32.7 Å². The fraction of sp³-hybridized carbons (Fsp3) is 0.167. The second kappa shape index (κ2) is 12.6. The van der Waals surface area contributed by atoms with Crippen molar-refractivity contribution < 1.29 is 24.2 Å². The SMILES string of the molecule is CCOC(=O)C1=C(O)/C(=C/c2cc(Cl)c(OCc3ccc(C)cc3)c(Cl)c2)SC1=NC(=O)c1ccccc1C. The molecule has 1 aliphatic heterocycles. The molecule has 0 atom stereocenters. The van der Waals surface area contributed by atoms with Crippen LogP contribution in [-0.4, -0.2) is 28.6 Å². The smallest absolute Gasteiger partial charge is 0.344 e. The molecule has 4 rings (SSSR count). The zero-order chi connectivity index (χ0) is 28.1. The molecule has 1 amide bonds. The molecule has 0 bridgehead atoms. The van der Waals surface area contributed by atoms with E-state index in [1.165, 1.54) is 0 Å². The summed E-state index contributed by atoms with van der Waals surface area (Å²) in [7, 11) is 0. The lowest BCUT2D eigenvalue weighted by Gasteiger charge is -2.11. The number of carbonyl (C=O) groups excluding carboxylic acids is 2. The molecule has 0 unspecified atom stereocenters. The molecule has 9 heteroatoms. The van der Waals surface area contributed by atoms with Gasteiger partial charge in [0.1, 0.15) is 23.0 Å². The Balaban J connectivity index is 1.63. The number of hydrogen-bond acceptors (Lipinski definition) is 6. The van der Waals surface area contributed by atoms with E-state index in [0.29, 0.717) is 16.9 Å². The molecular weight excluding hydrogens is 557 g/mol. The van der Waals surface area contributed by atoms with E-state index < -0.39 is 11.9 Å². The lowest BCUT2D eigenvalue weighted by molar-refractivity contribution is -0.138. The summed E-state index contributed by atoms with van der Waals surface area (Å²) in [5, 5.41) is 11.5. The average Bonchev–Trinajstić information content (AvgIpc) is 3.19. The van der Waals surface area contributed by atoms with Gasteiger partial charge < -0.3 is 14.6 Å². The van der Waals surface area contributed by atoms with Crippen LogP contribution in [0.5, 0.6) is 5.75 Å². The van der Waals surface area contributed by atoms with Crippen molar-refractivity contribution >= 4 is 58.0 Å². The van der Waals surface area contributed by atoms with Gasteiger partial charge in [0.05, 0.1) is 21.6 Å². The number of aliphatic hydroxyl groups is 1. The highest BCUT2D eigenvalue weighted by atomic mass is 35.5. The molecule has 1 N–H and O–H groups in total. The molecule has 0 aromatic heterocycles. The summed E-state index contributed by atoms with van der Waals surface area (Å²) in [6.07, 6.45) is 1.60. The minimum absolute atomic E-state index is 0.0423. The Kier molecular flexibility index (Phi) is 9.17. The van der Waals surface area contributed by atoms with Gasteiger partial charge in [-0.2, -0.15) is 0 Å². The molecule has 3 aromatic rings. The summed E-state index contributed by atoms with van der Waals surface area (Å²) in [6.45, 7) is 5.83. The van der Waals surface area contributed by atoms with E-state index >= 15 is 0 Å². The molecule has 6 nitrogen and oxygen atoms in total. The third-order valence-corrected chi connectivity index (χ3v) is 7.35. The van der Waals surface area contributed by atoms with Crippen molar-refractivity contribution in [1.29, 1.82) is 0 Å². The summed E-state index contributed by atoms with van der Waals surface area (Å²) in [4.78, 5) is 30.0. The largest absolute Gasteiger partial charge is 0.506 e. The number of thioether (sulfide) groups is 1. The molecule has 0 aliphatic carbocycles. The monoisotopic (exact) mass is 581 g/mol. The van der Waals surface area contributed by atoms with Gasteiger partial charge in [0.2, 0.25) is 0 Å². The Morgan fingerprint density at radius 1 is 1.03 bits per heavy atom. The molecule has 0 spiro atoms. The first-order valence-corrected chi connectivity index (χ1v) is 13.6. The van der Waals surface area contributed by atoms with Crippen LogP contribution < -0.4 is 4.74 Å². The van der Waals surface area contributed by atoms with Gasteiger partial charge in [0.15, 0.2) is 5.75 Å². The van der Waals surface area contributed by atoms with Gasteiger partial charge >= 0.3 is 5.97 Å². The van der Waals surface area contributed by atoms with E-state index in [9.17, 15) is 14.7 Å². The first-order chi connectivity index (χ1) is 18.7. The number of halogens is 2. The molecule has 0 saturated carbocycles. The fourth-order valence-electron chi connectivity index (χ4n) is 3.75. The van der Waals surface area contributed by atoms with Gasteiger partial charge in [0.25, 0.3) is 5.91 Å². The Morgan fingerprint density at radius 2 is 1.69 bits per heavy atom. The number of amides is 1. The highest BCUT2D eigenvalue weighted by Gasteiger charge is 2.34. The van der Waals surface area contributed by atoms with Gasteiger partial charge in [0, 0.05) is 5.56 Å². The molecule has 0 saturated heterocycles. The molecule has 0 radical (unpaired) electrons. The zero-order valence-corrected chi connectivity index (χ0v) is 23.8. The van der Waals surface area contributed by atoms with Crippen LogP contribution in [0, 0.1) is 13.8 Å². The number of benzene rings is 3. The summed E-state index contributed by atoms with van der Waals surface area (Å²) in [5.41, 5.74) is 3.63. The number of aliphatic hydroxyl groups excluding tert-OH is 1. The van der Waals surface area contributed by atoms with E-state index in [2.05, 4.69) is 4.99 Å². The molecule has 39 heavy (non-hydrogen) atoms. The molecular formula is C30H25Cl2NO5S. The van der Waals surface area contributed by atoms with Crippen LogP contribution >= 0.6 is 35.0 Å². The van der Waals surface area contributed by atoms with Crippen LogP contribution in [0.2, 0.25) is 10.0 Å². The Hall–Kier alpha value is -3.52. The number of aryl methyl sites for hydroxylation is 2. The summed E-state index contributed by atoms with van der Waals surface area (Å²) >= 11 is 13.9. The number of esters is 1. The van der Waals surface area contributed by atoms with Crippen molar-refractivity contribution in [2.45, 2.75) is 27.4 Å². The van der Waals surface area contributed by atoms with Crippen molar-refractivity contribution in [3.8, 4) is 5.75 Å². The molecule has 200 valence electrons. The Morgan fingerprint density at radius 3 is 2.33 bits per heavy atom. The van der Waals surface area contributed by atoms with Crippen LogP contribution in [0.25, 0.3) is 6.08 Å². The maximum atomic E-state index is 12.9. The lowest BCUT2D eigenvalue weighted by atomic mass is 10.1. The number of aliphatic imine (C=N–C) groups is 1. The fourth-order valence-corrected chi connectivity index (χ4v) is 5.37. The first kappa shape index (κ1) is 28.5. The van der Waals surface area contributed by atoms with E-state index in [1.54, 1.807) is 50.3 Å². The van der Waals surface area contributed by atoms with Crippen LogP contribution in [0.4, 0.5) is 0 Å². The quantitative estimate of drug-likeness (QED) is 0.285. The minimum atomic E-state index is -0.779. The highest BCUT2D eigenvalue weighted by Crippen LogP contribution is 2.41. The van der Waals surface area contributed by atoms with E-state index in [1.807, 2.05) is 37.3 Å². The molecule has 3 aromatic carbocycles. The van der Waals surface area contributed by atoms with Crippen molar-refractivity contribution in [2.75, 3.05) is 6.61 Å². The first-order valence-electron chi connectivity index (χ1n) is 12.0. The predicted molar refractivity (Wildman–Crippen MR) is 157 cm³/mol. The minimum Gasteiger partial charge on any atom is -0.506 e. The van der Waals surface area contributed by atoms with Crippen molar-refractivity contribution in [2.24, 2.45) is 4.99 Å². The van der Waals surface area contributed by atoms with Gasteiger partial charge in [-0.25, -0.2) is 9.79 Å². The summed E-state index contributed by atoms with van der Waals surface area (Å²) < 4.78 is 11.0. The summed E-state index contributed by atoms with van der Waals surface area (Å²) in [6, 6.07) is 18.2. The average molecular weight is 583 g/mol. The van der Waals surface area contributed by atoms with Crippen LogP contribution in [0.3, 0.4) is 0 Å². The predicted octanol–water partition coefficient (Wildman–Crippen LogP) is 7.89. The number of hydrogen-bond donors (Lipinski definition) is 1. The van der Waals surface area contributed by atoms with Crippen LogP contribution in [0.1, 0.15) is 39.5 Å². The van der Waals surface area contributed by atoms with Crippen molar-refractivity contribution in [1.82, 2.24) is 0 Å². The number of carbonyl (C=O) groups is 2. The third kappa shape index (κ3) is 6.74. The van der Waals surface area contributed by atoms with E-state index in [0.717, 1.165) is 28.5 Å². The maximum absolute atomic E-state index is 12.9. The Labute approximate surface area is 241 Å². The molecule has 1 heterocycles. The van der Waals surface area contributed by atoms with Crippen LogP contribution in [0.15, 0.2) is 81.9 Å². The number of nitrogens with zero attached hydrogens (tertiary/aromatic N) is 1. The zero-order valence-electron chi connectivity index (χ0n) is 21.5. The van der Waals surface area contributed by atoms with Crippen LogP contribution in [-0.2, 0) is 16.1 Å². The van der Waals surface area contributed by atoms with Gasteiger partial charge in [-0.3, -0.25) is 4.79 Å². The molecule has 0 fully saturated rings. The standard InChI is InChI=1S/C30H25Cl2NO5S/c1-4-37-30(36)25-26(34)24(39-29(25)33-28(35)21-8-6-5-7-18(21)3)15-20-13-22(31)27(23(32)14-20)38-16-19-11-9-17(2)10-12-19/h5-15,34H,4,16H2,1-3H3/b24-15-,33-29?. The third-order valence-electron chi connectivity index (χ3n) is 5.77. The van der Waals surface area contributed by atoms with Crippen molar-refractivity contribution in [3.05, 3.63) is 115 Å². The normalized spacial score (nSPS) is 15.2. The van der Waals surface area contributed by atoms with Gasteiger partial charge in [-0.1, -0.05) is 83.0 Å². The van der Waals surface area contributed by atoms with E-state index in [-0.39, 0.29) is 44.5 Å². The Bertz CT molecular complexity index is 1500. The van der Waals surface area contributed by atoms with Gasteiger partial charge in [-0.15, -0.1) is 0 Å². The number of ether oxygens (including phenoxy) is 2. The number of rotatable bonds is 7. The second-order valence-corrected chi connectivity index (χ2v) is 10.5. The van der Waals surface area contributed by atoms with Crippen molar-refractivity contribution in [3.63, 3.8) is 0 Å². The second-order valence-electron chi connectivity index (χ2n) is 8.68. The molecule has 1 aliphatic rings.